The number of aromatic nitrogens is 2. The van der Waals surface area contributed by atoms with Crippen molar-refractivity contribution >= 4 is 22.2 Å². The molecule has 1 N–H and O–H groups in total. The zero-order chi connectivity index (χ0) is 13.9. The van der Waals surface area contributed by atoms with E-state index in [0.29, 0.717) is 0 Å². The number of likely N-dealkylation sites (N-methyl/N-ethyl adjacent to an activating group) is 1. The van der Waals surface area contributed by atoms with E-state index in [4.69, 9.17) is 4.98 Å². The Morgan fingerprint density at radius 3 is 2.75 bits per heavy atom. The molecule has 0 saturated carbocycles. The Morgan fingerprint density at radius 2 is 2.00 bits per heavy atom. The lowest BCUT2D eigenvalue weighted by Gasteiger charge is -2.15. The number of fused-ring (bicyclic) bond motifs is 1. The Kier molecular flexibility index (Phi) is 3.76. The summed E-state index contributed by atoms with van der Waals surface area (Å²) >= 11 is 1.70. The van der Waals surface area contributed by atoms with Gasteiger partial charge in [0.25, 0.3) is 0 Å². The van der Waals surface area contributed by atoms with E-state index in [0.717, 1.165) is 28.3 Å². The van der Waals surface area contributed by atoms with Gasteiger partial charge in [-0.1, -0.05) is 24.3 Å². The van der Waals surface area contributed by atoms with E-state index in [1.807, 2.05) is 26.1 Å². The van der Waals surface area contributed by atoms with E-state index in [-0.39, 0.29) is 6.04 Å². The quantitative estimate of drug-likeness (QED) is 0.796. The van der Waals surface area contributed by atoms with E-state index < -0.39 is 0 Å². The summed E-state index contributed by atoms with van der Waals surface area (Å²) in [4.78, 5) is 9.30. The first-order chi connectivity index (χ1) is 9.76. The number of rotatable bonds is 4. The summed E-state index contributed by atoms with van der Waals surface area (Å²) in [5.74, 6) is 0. The Bertz CT molecular complexity index is 720. The lowest BCUT2D eigenvalue weighted by atomic mass is 10.1. The standard InChI is InChI=1S/C16H17N3S/c1-11-18-13(10-20-11)9-16(17-2)15-8-7-12-5-3-4-6-14(12)19-15/h3-8,10,16-17H,9H2,1-2H3. The third-order valence-corrected chi connectivity index (χ3v) is 4.23. The number of hydrogen-bond acceptors (Lipinski definition) is 4. The lowest BCUT2D eigenvalue weighted by molar-refractivity contribution is 0.572. The molecule has 1 aromatic carbocycles. The molecule has 0 aliphatic rings. The highest BCUT2D eigenvalue weighted by Crippen LogP contribution is 2.20. The molecule has 0 fully saturated rings. The number of benzene rings is 1. The van der Waals surface area contributed by atoms with Gasteiger partial charge in [0.15, 0.2) is 0 Å². The van der Waals surface area contributed by atoms with Gasteiger partial charge in [-0.25, -0.2) is 4.98 Å². The van der Waals surface area contributed by atoms with Crippen molar-refractivity contribution < 1.29 is 0 Å². The van der Waals surface area contributed by atoms with Crippen LogP contribution in [-0.2, 0) is 6.42 Å². The van der Waals surface area contributed by atoms with Gasteiger partial charge in [0.05, 0.1) is 28.0 Å². The fraction of sp³-hybridized carbons (Fsp3) is 0.250. The molecule has 2 aromatic heterocycles. The van der Waals surface area contributed by atoms with E-state index in [9.17, 15) is 0 Å². The molecule has 0 saturated heterocycles. The summed E-state index contributed by atoms with van der Waals surface area (Å²) in [5.41, 5.74) is 3.23. The Labute approximate surface area is 122 Å². The van der Waals surface area contributed by atoms with Crippen LogP contribution in [-0.4, -0.2) is 17.0 Å². The van der Waals surface area contributed by atoms with Gasteiger partial charge in [0.1, 0.15) is 0 Å². The third-order valence-electron chi connectivity index (χ3n) is 3.41. The highest BCUT2D eigenvalue weighted by atomic mass is 32.1. The van der Waals surface area contributed by atoms with Crippen molar-refractivity contribution in [1.29, 1.82) is 0 Å². The first kappa shape index (κ1) is 13.2. The Hall–Kier alpha value is -1.78. The van der Waals surface area contributed by atoms with Crippen LogP contribution in [0, 0.1) is 6.92 Å². The molecule has 0 radical (unpaired) electrons. The first-order valence-corrected chi connectivity index (χ1v) is 7.58. The van der Waals surface area contributed by atoms with Crippen LogP contribution in [0.25, 0.3) is 10.9 Å². The Balaban J connectivity index is 1.90. The molecule has 4 heteroatoms. The number of thiazole rings is 1. The van der Waals surface area contributed by atoms with Crippen molar-refractivity contribution in [3.63, 3.8) is 0 Å². The first-order valence-electron chi connectivity index (χ1n) is 6.70. The molecule has 0 aliphatic heterocycles. The molecule has 20 heavy (non-hydrogen) atoms. The molecule has 3 aromatic rings. The van der Waals surface area contributed by atoms with E-state index in [1.165, 1.54) is 5.39 Å². The van der Waals surface area contributed by atoms with Gasteiger partial charge in [-0.15, -0.1) is 11.3 Å². The molecule has 1 unspecified atom stereocenters. The minimum absolute atomic E-state index is 0.195. The van der Waals surface area contributed by atoms with Crippen molar-refractivity contribution in [3.8, 4) is 0 Å². The second kappa shape index (κ2) is 5.69. The molecular formula is C16H17N3S. The van der Waals surface area contributed by atoms with Crippen molar-refractivity contribution in [1.82, 2.24) is 15.3 Å². The van der Waals surface area contributed by atoms with E-state index in [1.54, 1.807) is 11.3 Å². The zero-order valence-electron chi connectivity index (χ0n) is 11.6. The second-order valence-corrected chi connectivity index (χ2v) is 5.89. The van der Waals surface area contributed by atoms with Crippen LogP contribution in [0.1, 0.15) is 22.4 Å². The summed E-state index contributed by atoms with van der Waals surface area (Å²) < 4.78 is 0. The molecule has 3 nitrogen and oxygen atoms in total. The van der Waals surface area contributed by atoms with Gasteiger partial charge in [0.2, 0.25) is 0 Å². The molecule has 0 amide bonds. The van der Waals surface area contributed by atoms with Crippen LogP contribution in [0.4, 0.5) is 0 Å². The van der Waals surface area contributed by atoms with E-state index in [2.05, 4.69) is 39.9 Å². The lowest BCUT2D eigenvalue weighted by Crippen LogP contribution is -2.20. The average Bonchev–Trinajstić information content (AvgIpc) is 2.89. The highest BCUT2D eigenvalue weighted by Gasteiger charge is 2.13. The maximum atomic E-state index is 4.76. The van der Waals surface area contributed by atoms with Crippen molar-refractivity contribution in [3.05, 3.63) is 58.2 Å². The van der Waals surface area contributed by atoms with Crippen LogP contribution in [0.3, 0.4) is 0 Å². The predicted octanol–water partition coefficient (Wildman–Crippen LogP) is 3.50. The smallest absolute Gasteiger partial charge is 0.0897 e. The molecule has 0 bridgehead atoms. The van der Waals surface area contributed by atoms with Gasteiger partial charge < -0.3 is 5.32 Å². The number of nitrogens with zero attached hydrogens (tertiary/aromatic N) is 2. The Morgan fingerprint density at radius 1 is 1.15 bits per heavy atom. The molecular weight excluding hydrogens is 266 g/mol. The highest BCUT2D eigenvalue weighted by molar-refractivity contribution is 7.09. The van der Waals surface area contributed by atoms with Crippen LogP contribution >= 0.6 is 11.3 Å². The fourth-order valence-electron chi connectivity index (χ4n) is 2.34. The predicted molar refractivity (Wildman–Crippen MR) is 84.1 cm³/mol. The van der Waals surface area contributed by atoms with Gasteiger partial charge in [-0.2, -0.15) is 0 Å². The van der Waals surface area contributed by atoms with Gasteiger partial charge >= 0.3 is 0 Å². The van der Waals surface area contributed by atoms with Crippen molar-refractivity contribution in [2.45, 2.75) is 19.4 Å². The average molecular weight is 283 g/mol. The van der Waals surface area contributed by atoms with Crippen LogP contribution in [0.2, 0.25) is 0 Å². The van der Waals surface area contributed by atoms with Crippen molar-refractivity contribution in [2.24, 2.45) is 0 Å². The summed E-state index contributed by atoms with van der Waals surface area (Å²) in [6.45, 7) is 2.04. The SMILES string of the molecule is CNC(Cc1csc(C)n1)c1ccc2ccccc2n1. The molecule has 1 atom stereocenters. The number of aryl methyl sites for hydroxylation is 1. The molecule has 0 spiro atoms. The van der Waals surface area contributed by atoms with Crippen LogP contribution in [0.15, 0.2) is 41.8 Å². The molecule has 0 aliphatic carbocycles. The minimum Gasteiger partial charge on any atom is -0.311 e. The number of para-hydroxylation sites is 1. The number of hydrogen-bond donors (Lipinski definition) is 1. The van der Waals surface area contributed by atoms with Gasteiger partial charge in [-0.05, 0) is 26.1 Å². The summed E-state index contributed by atoms with van der Waals surface area (Å²) in [5, 5.41) is 7.76. The van der Waals surface area contributed by atoms with E-state index >= 15 is 0 Å². The minimum atomic E-state index is 0.195. The monoisotopic (exact) mass is 283 g/mol. The summed E-state index contributed by atoms with van der Waals surface area (Å²) in [7, 11) is 1.97. The van der Waals surface area contributed by atoms with Gasteiger partial charge in [-0.3, -0.25) is 4.98 Å². The second-order valence-electron chi connectivity index (χ2n) is 4.83. The summed E-state index contributed by atoms with van der Waals surface area (Å²) in [6, 6.07) is 12.6. The summed E-state index contributed by atoms with van der Waals surface area (Å²) in [6.07, 6.45) is 0.867. The fourth-order valence-corrected chi connectivity index (χ4v) is 2.97. The maximum Gasteiger partial charge on any atom is 0.0897 e. The van der Waals surface area contributed by atoms with Crippen LogP contribution in [0.5, 0.6) is 0 Å². The largest absolute Gasteiger partial charge is 0.311 e. The van der Waals surface area contributed by atoms with Gasteiger partial charge in [0, 0.05) is 17.2 Å². The maximum absolute atomic E-state index is 4.76. The molecule has 3 rings (SSSR count). The molecule has 2 heterocycles. The number of nitrogens with one attached hydrogen (secondary N) is 1. The molecule has 102 valence electrons. The normalized spacial score (nSPS) is 12.7. The zero-order valence-corrected chi connectivity index (χ0v) is 12.4. The third kappa shape index (κ3) is 2.71. The topological polar surface area (TPSA) is 37.8 Å². The number of pyridine rings is 1. The van der Waals surface area contributed by atoms with Crippen LogP contribution < -0.4 is 5.32 Å². The van der Waals surface area contributed by atoms with Crippen molar-refractivity contribution in [2.75, 3.05) is 7.05 Å².